The molecule has 1 aromatic carbocycles. The van der Waals surface area contributed by atoms with Crippen LogP contribution in [0.5, 0.6) is 0 Å². The van der Waals surface area contributed by atoms with Crippen LogP contribution in [0.3, 0.4) is 0 Å². The topological polar surface area (TPSA) is 112 Å². The van der Waals surface area contributed by atoms with E-state index in [9.17, 15) is 13.2 Å². The van der Waals surface area contributed by atoms with Crippen LogP contribution < -0.4 is 4.72 Å². The number of aromatic nitrogens is 2. The minimum atomic E-state index is -3.69. The average molecular weight is 323 g/mol. The summed E-state index contributed by atoms with van der Waals surface area (Å²) in [5.41, 5.74) is 0.669. The van der Waals surface area contributed by atoms with Crippen LogP contribution in [0, 0.1) is 0 Å². The van der Waals surface area contributed by atoms with E-state index >= 15 is 0 Å². The van der Waals surface area contributed by atoms with Gasteiger partial charge in [0.2, 0.25) is 0 Å². The number of hydrogen-bond acceptors (Lipinski definition) is 5. The zero-order valence-electron chi connectivity index (χ0n) is 10.4. The van der Waals surface area contributed by atoms with Gasteiger partial charge in [-0.3, -0.25) is 4.72 Å². The number of carboxylic acids is 1. The number of benzene rings is 1. The summed E-state index contributed by atoms with van der Waals surface area (Å²) in [6.45, 7) is 0. The number of carboxylic acid groups (broad SMARTS) is 1. The summed E-state index contributed by atoms with van der Waals surface area (Å²) in [5, 5.41) is 9.12. The van der Waals surface area contributed by atoms with Crippen molar-refractivity contribution < 1.29 is 18.3 Å². The third-order valence-corrected chi connectivity index (χ3v) is 5.14. The third kappa shape index (κ3) is 2.60. The SMILES string of the molecule is O=C(O)c1ccc2nc(NS(=O)(=O)c3cc[nH]c3)sc2c1. The minimum Gasteiger partial charge on any atom is -0.478 e. The lowest BCUT2D eigenvalue weighted by molar-refractivity contribution is 0.0697. The van der Waals surface area contributed by atoms with Crippen molar-refractivity contribution in [3.8, 4) is 0 Å². The number of hydrogen-bond donors (Lipinski definition) is 3. The second-order valence-electron chi connectivity index (χ2n) is 4.16. The van der Waals surface area contributed by atoms with Gasteiger partial charge in [0.05, 0.1) is 15.8 Å². The fourth-order valence-corrected chi connectivity index (χ4v) is 3.87. The van der Waals surface area contributed by atoms with Crippen LogP contribution in [0.25, 0.3) is 10.2 Å². The predicted molar refractivity (Wildman–Crippen MR) is 78.2 cm³/mol. The largest absolute Gasteiger partial charge is 0.478 e. The molecule has 0 saturated carbocycles. The number of thiazole rings is 1. The molecular formula is C12H9N3O4S2. The summed E-state index contributed by atoms with van der Waals surface area (Å²) in [5.74, 6) is -1.04. The maximum Gasteiger partial charge on any atom is 0.335 e. The zero-order chi connectivity index (χ0) is 15.0. The third-order valence-electron chi connectivity index (χ3n) is 2.74. The number of carbonyl (C=O) groups is 1. The monoisotopic (exact) mass is 323 g/mol. The lowest BCUT2D eigenvalue weighted by atomic mass is 10.2. The van der Waals surface area contributed by atoms with Crippen molar-refractivity contribution in [1.29, 1.82) is 0 Å². The number of anilines is 1. The number of aromatic carboxylic acids is 1. The van der Waals surface area contributed by atoms with Gasteiger partial charge in [-0.25, -0.2) is 18.2 Å². The summed E-state index contributed by atoms with van der Waals surface area (Å²) in [7, 11) is -3.69. The van der Waals surface area contributed by atoms with Gasteiger partial charge in [0.1, 0.15) is 4.90 Å². The molecule has 0 aliphatic heterocycles. The predicted octanol–water partition coefficient (Wildman–Crippen LogP) is 2.12. The molecule has 3 aromatic rings. The second kappa shape index (κ2) is 4.86. The molecule has 0 radical (unpaired) electrons. The number of fused-ring (bicyclic) bond motifs is 1. The van der Waals surface area contributed by atoms with E-state index in [2.05, 4.69) is 14.7 Å². The molecule has 0 saturated heterocycles. The van der Waals surface area contributed by atoms with Gasteiger partial charge in [-0.15, -0.1) is 0 Å². The molecular weight excluding hydrogens is 314 g/mol. The summed E-state index contributed by atoms with van der Waals surface area (Å²) in [6, 6.07) is 5.86. The molecule has 0 aliphatic rings. The normalized spacial score (nSPS) is 11.6. The van der Waals surface area contributed by atoms with E-state index in [1.807, 2.05) is 0 Å². The molecule has 0 atom stereocenters. The van der Waals surface area contributed by atoms with Crippen molar-refractivity contribution in [3.63, 3.8) is 0 Å². The van der Waals surface area contributed by atoms with Crippen molar-refractivity contribution in [2.24, 2.45) is 0 Å². The van der Waals surface area contributed by atoms with Gasteiger partial charge in [0.15, 0.2) is 5.13 Å². The summed E-state index contributed by atoms with van der Waals surface area (Å²) in [6.07, 6.45) is 2.87. The highest BCUT2D eigenvalue weighted by Gasteiger charge is 2.17. The van der Waals surface area contributed by atoms with Crippen LogP contribution >= 0.6 is 11.3 Å². The van der Waals surface area contributed by atoms with E-state index in [1.165, 1.54) is 30.6 Å². The lowest BCUT2D eigenvalue weighted by Crippen LogP contribution is -2.11. The Hall–Kier alpha value is -2.39. The molecule has 2 aromatic heterocycles. The van der Waals surface area contributed by atoms with Gasteiger partial charge in [-0.05, 0) is 24.3 Å². The van der Waals surface area contributed by atoms with E-state index in [0.717, 1.165) is 11.3 Å². The smallest absolute Gasteiger partial charge is 0.335 e. The molecule has 7 nitrogen and oxygen atoms in total. The lowest BCUT2D eigenvalue weighted by Gasteiger charge is -2.01. The Bertz CT molecular complexity index is 913. The van der Waals surface area contributed by atoms with Crippen LogP contribution in [-0.2, 0) is 10.0 Å². The number of sulfonamides is 1. The molecule has 0 fully saturated rings. The Morgan fingerprint density at radius 2 is 2.14 bits per heavy atom. The molecule has 0 aliphatic carbocycles. The van der Waals surface area contributed by atoms with Gasteiger partial charge < -0.3 is 10.1 Å². The molecule has 0 spiro atoms. The van der Waals surface area contributed by atoms with Crippen molar-refractivity contribution in [2.45, 2.75) is 4.90 Å². The standard InChI is InChI=1S/C12H9N3O4S2/c16-11(17)7-1-2-9-10(5-7)20-12(14-9)15-21(18,19)8-3-4-13-6-8/h1-6,13H,(H,14,15)(H,16,17). The first-order valence-electron chi connectivity index (χ1n) is 5.75. The van der Waals surface area contributed by atoms with Crippen LogP contribution in [0.4, 0.5) is 5.13 Å². The summed E-state index contributed by atoms with van der Waals surface area (Å²) < 4.78 is 27.1. The molecule has 0 unspecified atom stereocenters. The zero-order valence-corrected chi connectivity index (χ0v) is 12.0. The molecule has 3 N–H and O–H groups in total. The first-order chi connectivity index (χ1) is 9.95. The Morgan fingerprint density at radius 3 is 2.81 bits per heavy atom. The molecule has 2 heterocycles. The van der Waals surface area contributed by atoms with Crippen molar-refractivity contribution in [3.05, 3.63) is 42.2 Å². The fourth-order valence-electron chi connectivity index (χ4n) is 1.75. The van der Waals surface area contributed by atoms with E-state index < -0.39 is 16.0 Å². The minimum absolute atomic E-state index is 0.105. The first kappa shape index (κ1) is 13.6. The van der Waals surface area contributed by atoms with Gasteiger partial charge in [-0.1, -0.05) is 11.3 Å². The Morgan fingerprint density at radius 1 is 1.33 bits per heavy atom. The van der Waals surface area contributed by atoms with Gasteiger partial charge in [0, 0.05) is 12.4 Å². The Labute approximate surface area is 123 Å². The van der Waals surface area contributed by atoms with Crippen LogP contribution in [0.2, 0.25) is 0 Å². The molecule has 0 bridgehead atoms. The quantitative estimate of drug-likeness (QED) is 0.681. The molecule has 21 heavy (non-hydrogen) atoms. The van der Waals surface area contributed by atoms with Gasteiger partial charge >= 0.3 is 5.97 Å². The Balaban J connectivity index is 1.97. The summed E-state index contributed by atoms with van der Waals surface area (Å²) >= 11 is 1.08. The van der Waals surface area contributed by atoms with E-state index in [1.54, 1.807) is 6.07 Å². The van der Waals surface area contributed by atoms with E-state index in [4.69, 9.17) is 5.11 Å². The maximum atomic E-state index is 12.1. The average Bonchev–Trinajstić information content (AvgIpc) is 3.06. The molecule has 3 rings (SSSR count). The van der Waals surface area contributed by atoms with Crippen LogP contribution in [0.1, 0.15) is 10.4 Å². The van der Waals surface area contributed by atoms with Crippen LogP contribution in [-0.4, -0.2) is 29.5 Å². The molecule has 0 amide bonds. The highest BCUT2D eigenvalue weighted by molar-refractivity contribution is 7.93. The van der Waals surface area contributed by atoms with Crippen LogP contribution in [0.15, 0.2) is 41.6 Å². The maximum absolute atomic E-state index is 12.1. The van der Waals surface area contributed by atoms with E-state index in [0.29, 0.717) is 10.2 Å². The first-order valence-corrected chi connectivity index (χ1v) is 8.05. The number of H-pyrrole nitrogens is 1. The van der Waals surface area contributed by atoms with Gasteiger partial charge in [0.25, 0.3) is 10.0 Å². The highest BCUT2D eigenvalue weighted by Crippen LogP contribution is 2.28. The summed E-state index contributed by atoms with van der Waals surface area (Å²) in [4.78, 5) is 17.8. The number of rotatable bonds is 4. The van der Waals surface area contributed by atoms with Gasteiger partial charge in [-0.2, -0.15) is 0 Å². The fraction of sp³-hybridized carbons (Fsp3) is 0. The number of aromatic amines is 1. The molecule has 9 heteroatoms. The number of nitrogens with zero attached hydrogens (tertiary/aromatic N) is 1. The molecule has 108 valence electrons. The highest BCUT2D eigenvalue weighted by atomic mass is 32.2. The van der Waals surface area contributed by atoms with Crippen molar-refractivity contribution >= 4 is 42.7 Å². The van der Waals surface area contributed by atoms with Crippen molar-refractivity contribution in [1.82, 2.24) is 9.97 Å². The van der Waals surface area contributed by atoms with Crippen molar-refractivity contribution in [2.75, 3.05) is 4.72 Å². The number of nitrogens with one attached hydrogen (secondary N) is 2. The Kier molecular flexibility index (Phi) is 3.15. The second-order valence-corrected chi connectivity index (χ2v) is 6.87. The van der Waals surface area contributed by atoms with E-state index in [-0.39, 0.29) is 15.6 Å².